The molecule has 0 aromatic rings. The first-order valence-corrected chi connectivity index (χ1v) is 6.66. The summed E-state index contributed by atoms with van der Waals surface area (Å²) in [4.78, 5) is 0. The van der Waals surface area contributed by atoms with Gasteiger partial charge in [0.1, 0.15) is 0 Å². The highest BCUT2D eigenvalue weighted by Crippen LogP contribution is 2.36. The Labute approximate surface area is 88.3 Å². The molecule has 1 aliphatic heterocycles. The number of hydrogen-bond donors (Lipinski definition) is 0. The highest BCUT2D eigenvalue weighted by molar-refractivity contribution is 9.11. The Morgan fingerprint density at radius 1 is 1.33 bits per heavy atom. The molecular formula is C10H17BrS. The van der Waals surface area contributed by atoms with Gasteiger partial charge >= 0.3 is 0 Å². The van der Waals surface area contributed by atoms with Crippen LogP contribution in [0.25, 0.3) is 0 Å². The monoisotopic (exact) mass is 248 g/mol. The van der Waals surface area contributed by atoms with Crippen LogP contribution in [0.15, 0.2) is 11.5 Å². The maximum atomic E-state index is 3.67. The summed E-state index contributed by atoms with van der Waals surface area (Å²) in [6.07, 6.45) is 9.25. The molecule has 0 nitrogen and oxygen atoms in total. The van der Waals surface area contributed by atoms with Gasteiger partial charge in [-0.05, 0) is 17.7 Å². The van der Waals surface area contributed by atoms with Crippen molar-refractivity contribution in [2.45, 2.75) is 43.2 Å². The van der Waals surface area contributed by atoms with Crippen molar-refractivity contribution in [2.75, 3.05) is 0 Å². The second kappa shape index (κ2) is 6.09. The van der Waals surface area contributed by atoms with E-state index in [1.807, 2.05) is 11.8 Å². The van der Waals surface area contributed by atoms with Gasteiger partial charge in [-0.25, -0.2) is 0 Å². The van der Waals surface area contributed by atoms with E-state index in [0.29, 0.717) is 4.16 Å². The van der Waals surface area contributed by atoms with Crippen LogP contribution in [0.4, 0.5) is 0 Å². The molecule has 0 saturated heterocycles. The number of allylic oxidation sites excluding steroid dienone is 1. The molecular weight excluding hydrogens is 232 g/mol. The number of hydrogen-bond acceptors (Lipinski definition) is 1. The number of unbranched alkanes of at least 4 members (excludes halogenated alkanes) is 3. The standard InChI is InChI=1S/C10H17BrS/c1-2-3-4-5-6-9-7-8-12-10(9)11/h7-10H,2-6H2,1H3. The molecule has 0 saturated carbocycles. The van der Waals surface area contributed by atoms with Gasteiger partial charge in [-0.1, -0.05) is 54.6 Å². The molecule has 1 aliphatic rings. The fraction of sp³-hybridized carbons (Fsp3) is 0.800. The van der Waals surface area contributed by atoms with Gasteiger partial charge in [0.15, 0.2) is 0 Å². The van der Waals surface area contributed by atoms with Gasteiger partial charge in [-0.15, -0.1) is 11.8 Å². The number of halogens is 1. The molecule has 2 heteroatoms. The first kappa shape index (κ1) is 10.6. The van der Waals surface area contributed by atoms with Crippen LogP contribution in [-0.4, -0.2) is 4.16 Å². The molecule has 1 heterocycles. The van der Waals surface area contributed by atoms with Crippen LogP contribution in [0.2, 0.25) is 0 Å². The van der Waals surface area contributed by atoms with Gasteiger partial charge < -0.3 is 0 Å². The summed E-state index contributed by atoms with van der Waals surface area (Å²) in [5.41, 5.74) is 0. The quantitative estimate of drug-likeness (QED) is 0.508. The summed E-state index contributed by atoms with van der Waals surface area (Å²) in [7, 11) is 0. The maximum absolute atomic E-state index is 3.67. The van der Waals surface area contributed by atoms with Crippen molar-refractivity contribution in [1.29, 1.82) is 0 Å². The summed E-state index contributed by atoms with van der Waals surface area (Å²) >= 11 is 5.58. The van der Waals surface area contributed by atoms with E-state index in [4.69, 9.17) is 0 Å². The van der Waals surface area contributed by atoms with Crippen molar-refractivity contribution in [3.8, 4) is 0 Å². The molecule has 0 aliphatic carbocycles. The molecule has 0 radical (unpaired) electrons. The molecule has 2 unspecified atom stereocenters. The Bertz CT molecular complexity index is 145. The Morgan fingerprint density at radius 3 is 2.75 bits per heavy atom. The molecule has 0 N–H and O–H groups in total. The Kier molecular flexibility index (Phi) is 5.40. The van der Waals surface area contributed by atoms with Crippen LogP contribution in [0.1, 0.15) is 39.0 Å². The molecule has 0 spiro atoms. The number of rotatable bonds is 5. The third-order valence-corrected chi connectivity index (χ3v) is 4.51. The normalized spacial score (nSPS) is 28.2. The Morgan fingerprint density at radius 2 is 2.17 bits per heavy atom. The number of thioether (sulfide) groups is 1. The zero-order valence-electron chi connectivity index (χ0n) is 7.63. The fourth-order valence-electron chi connectivity index (χ4n) is 1.44. The molecule has 0 aromatic carbocycles. The van der Waals surface area contributed by atoms with E-state index in [2.05, 4.69) is 34.3 Å². The minimum Gasteiger partial charge on any atom is -0.119 e. The predicted octanol–water partition coefficient (Wildman–Crippen LogP) is 4.55. The van der Waals surface area contributed by atoms with Crippen molar-refractivity contribution < 1.29 is 0 Å². The van der Waals surface area contributed by atoms with Gasteiger partial charge in [-0.3, -0.25) is 0 Å². The summed E-state index contributed by atoms with van der Waals surface area (Å²) in [5.74, 6) is 0.784. The first-order valence-electron chi connectivity index (χ1n) is 4.80. The molecule has 70 valence electrons. The van der Waals surface area contributed by atoms with Gasteiger partial charge in [0.25, 0.3) is 0 Å². The minimum absolute atomic E-state index is 0.652. The van der Waals surface area contributed by atoms with Crippen LogP contribution in [0.5, 0.6) is 0 Å². The maximum Gasteiger partial charge on any atom is 0.0704 e. The van der Waals surface area contributed by atoms with E-state index in [1.165, 1.54) is 32.1 Å². The van der Waals surface area contributed by atoms with Gasteiger partial charge in [-0.2, -0.15) is 0 Å². The van der Waals surface area contributed by atoms with Crippen LogP contribution in [0.3, 0.4) is 0 Å². The molecule has 12 heavy (non-hydrogen) atoms. The smallest absolute Gasteiger partial charge is 0.0704 e. The molecule has 0 bridgehead atoms. The van der Waals surface area contributed by atoms with E-state index < -0.39 is 0 Å². The van der Waals surface area contributed by atoms with Crippen molar-refractivity contribution in [3.63, 3.8) is 0 Å². The van der Waals surface area contributed by atoms with Crippen LogP contribution in [0, 0.1) is 5.92 Å². The largest absolute Gasteiger partial charge is 0.119 e. The Hall–Kier alpha value is 0.570. The second-order valence-electron chi connectivity index (χ2n) is 3.33. The molecule has 0 fully saturated rings. The lowest BCUT2D eigenvalue weighted by Crippen LogP contribution is -2.03. The second-order valence-corrected chi connectivity index (χ2v) is 5.97. The summed E-state index contributed by atoms with van der Waals surface area (Å²) in [6, 6.07) is 0. The minimum atomic E-state index is 0.652. The van der Waals surface area contributed by atoms with E-state index in [9.17, 15) is 0 Å². The fourth-order valence-corrected chi connectivity index (χ4v) is 3.13. The predicted molar refractivity (Wildman–Crippen MR) is 61.7 cm³/mol. The van der Waals surface area contributed by atoms with Crippen molar-refractivity contribution in [3.05, 3.63) is 11.5 Å². The van der Waals surface area contributed by atoms with Gasteiger partial charge in [0, 0.05) is 0 Å². The zero-order chi connectivity index (χ0) is 8.81. The molecule has 2 atom stereocenters. The first-order chi connectivity index (χ1) is 5.84. The Balaban J connectivity index is 2.02. The average Bonchev–Trinajstić information content (AvgIpc) is 2.46. The van der Waals surface area contributed by atoms with Crippen LogP contribution >= 0.6 is 27.7 Å². The summed E-state index contributed by atoms with van der Waals surface area (Å²) in [5, 5.41) is 2.23. The summed E-state index contributed by atoms with van der Waals surface area (Å²) < 4.78 is 0.652. The SMILES string of the molecule is CCCCCCC1C=CSC1Br. The third kappa shape index (κ3) is 3.53. The van der Waals surface area contributed by atoms with E-state index >= 15 is 0 Å². The molecule has 0 aromatic heterocycles. The lowest BCUT2D eigenvalue weighted by Gasteiger charge is -2.11. The molecule has 0 amide bonds. The van der Waals surface area contributed by atoms with Crippen molar-refractivity contribution in [1.82, 2.24) is 0 Å². The zero-order valence-corrected chi connectivity index (χ0v) is 10.0. The average molecular weight is 249 g/mol. The van der Waals surface area contributed by atoms with Gasteiger partial charge in [0.05, 0.1) is 4.16 Å². The van der Waals surface area contributed by atoms with Gasteiger partial charge in [0.2, 0.25) is 0 Å². The van der Waals surface area contributed by atoms with Crippen LogP contribution in [-0.2, 0) is 0 Å². The van der Waals surface area contributed by atoms with Crippen LogP contribution < -0.4 is 0 Å². The highest BCUT2D eigenvalue weighted by Gasteiger charge is 2.19. The van der Waals surface area contributed by atoms with E-state index in [1.54, 1.807) is 0 Å². The lowest BCUT2D eigenvalue weighted by atomic mass is 10.0. The number of alkyl halides is 1. The van der Waals surface area contributed by atoms with E-state index in [0.717, 1.165) is 5.92 Å². The van der Waals surface area contributed by atoms with Crippen molar-refractivity contribution >= 4 is 27.7 Å². The molecule has 1 rings (SSSR count). The summed E-state index contributed by atoms with van der Waals surface area (Å²) in [6.45, 7) is 2.26. The topological polar surface area (TPSA) is 0 Å². The van der Waals surface area contributed by atoms with E-state index in [-0.39, 0.29) is 0 Å². The highest BCUT2D eigenvalue weighted by atomic mass is 79.9. The van der Waals surface area contributed by atoms with Crippen molar-refractivity contribution in [2.24, 2.45) is 5.92 Å². The third-order valence-electron chi connectivity index (χ3n) is 2.26. The lowest BCUT2D eigenvalue weighted by molar-refractivity contribution is 0.562.